The van der Waals surface area contributed by atoms with E-state index in [9.17, 15) is 17.6 Å². The topological polar surface area (TPSA) is 63.2 Å². The summed E-state index contributed by atoms with van der Waals surface area (Å²) >= 11 is 0. The van der Waals surface area contributed by atoms with Gasteiger partial charge in [0.05, 0.1) is 10.6 Å². The Morgan fingerprint density at radius 3 is 2.57 bits per heavy atom. The minimum atomic E-state index is -3.38. The van der Waals surface area contributed by atoms with Gasteiger partial charge in [0.15, 0.2) is 9.84 Å². The fourth-order valence-electron chi connectivity index (χ4n) is 0.909. The van der Waals surface area contributed by atoms with Crippen LogP contribution in [0, 0.1) is 5.82 Å². The van der Waals surface area contributed by atoms with E-state index in [1.807, 2.05) is 0 Å². The smallest absolute Gasteiger partial charge is 0.211 e. The second kappa shape index (κ2) is 3.75. The summed E-state index contributed by atoms with van der Waals surface area (Å²) in [6.45, 7) is 0. The number of halogens is 1. The van der Waals surface area contributed by atoms with Gasteiger partial charge in [0, 0.05) is 6.26 Å². The molecule has 0 saturated carbocycles. The molecule has 1 rings (SSSR count). The van der Waals surface area contributed by atoms with Crippen LogP contribution in [0.5, 0.6) is 0 Å². The molecule has 0 saturated heterocycles. The number of amides is 1. The number of benzene rings is 1. The maximum absolute atomic E-state index is 12.9. The molecule has 1 aromatic carbocycles. The number of hydrogen-bond donors (Lipinski definition) is 1. The molecule has 0 spiro atoms. The lowest BCUT2D eigenvalue weighted by Gasteiger charge is -2.03. The van der Waals surface area contributed by atoms with Crippen molar-refractivity contribution in [2.45, 2.75) is 4.90 Å². The first kappa shape index (κ1) is 10.6. The van der Waals surface area contributed by atoms with Gasteiger partial charge in [-0.25, -0.2) is 12.8 Å². The Kier molecular flexibility index (Phi) is 2.85. The second-order valence-electron chi connectivity index (χ2n) is 2.68. The summed E-state index contributed by atoms with van der Waals surface area (Å²) in [5.74, 6) is -0.676. The Bertz CT molecular complexity index is 456. The third kappa shape index (κ3) is 2.29. The van der Waals surface area contributed by atoms with E-state index in [1.165, 1.54) is 0 Å². The zero-order chi connectivity index (χ0) is 10.8. The van der Waals surface area contributed by atoms with Crippen LogP contribution >= 0.6 is 0 Å². The Balaban J connectivity index is 3.26. The van der Waals surface area contributed by atoms with Crippen LogP contribution in [-0.4, -0.2) is 21.1 Å². The Hall–Kier alpha value is -1.43. The molecular weight excluding hydrogens is 209 g/mol. The zero-order valence-corrected chi connectivity index (χ0v) is 8.14. The summed E-state index contributed by atoms with van der Waals surface area (Å²) in [6, 6.07) is 3.20. The van der Waals surface area contributed by atoms with Gasteiger partial charge < -0.3 is 5.32 Å². The number of rotatable bonds is 3. The van der Waals surface area contributed by atoms with E-state index in [0.717, 1.165) is 24.5 Å². The van der Waals surface area contributed by atoms with E-state index in [4.69, 9.17) is 0 Å². The first-order valence-corrected chi connectivity index (χ1v) is 5.54. The zero-order valence-electron chi connectivity index (χ0n) is 7.32. The normalized spacial score (nSPS) is 11.0. The van der Waals surface area contributed by atoms with Gasteiger partial charge in [-0.05, 0) is 18.2 Å². The summed E-state index contributed by atoms with van der Waals surface area (Å²) in [4.78, 5) is 10.0. The van der Waals surface area contributed by atoms with Gasteiger partial charge in [-0.15, -0.1) is 0 Å². The average molecular weight is 217 g/mol. The van der Waals surface area contributed by atoms with Gasteiger partial charge in [0.1, 0.15) is 5.82 Å². The van der Waals surface area contributed by atoms with Crippen molar-refractivity contribution in [2.75, 3.05) is 11.6 Å². The molecule has 4 nitrogen and oxygen atoms in total. The minimum absolute atomic E-state index is 0.0387. The molecule has 0 heterocycles. The van der Waals surface area contributed by atoms with Crippen molar-refractivity contribution in [1.29, 1.82) is 0 Å². The highest BCUT2D eigenvalue weighted by molar-refractivity contribution is 7.90. The van der Waals surface area contributed by atoms with Crippen LogP contribution in [0.3, 0.4) is 0 Å². The number of hydrogen-bond acceptors (Lipinski definition) is 3. The molecule has 0 bridgehead atoms. The van der Waals surface area contributed by atoms with Crippen molar-refractivity contribution in [3.63, 3.8) is 0 Å². The third-order valence-corrected chi connectivity index (χ3v) is 2.69. The van der Waals surface area contributed by atoms with E-state index in [0.29, 0.717) is 0 Å². The second-order valence-corrected chi connectivity index (χ2v) is 4.69. The van der Waals surface area contributed by atoms with Crippen LogP contribution < -0.4 is 5.32 Å². The lowest BCUT2D eigenvalue weighted by atomic mass is 10.3. The van der Waals surface area contributed by atoms with Crippen molar-refractivity contribution in [3.05, 3.63) is 24.0 Å². The van der Waals surface area contributed by atoms with E-state index < -0.39 is 15.7 Å². The molecule has 0 fully saturated rings. The van der Waals surface area contributed by atoms with Crippen molar-refractivity contribution in [2.24, 2.45) is 0 Å². The molecule has 1 N–H and O–H groups in total. The summed E-state index contributed by atoms with van der Waals surface area (Å²) in [5, 5.41) is 2.07. The van der Waals surface area contributed by atoms with Crippen molar-refractivity contribution < 1.29 is 17.6 Å². The number of sulfone groups is 1. The van der Waals surface area contributed by atoms with Gasteiger partial charge in [-0.2, -0.15) is 0 Å². The molecule has 0 aromatic heterocycles. The molecule has 6 heteroatoms. The third-order valence-electron chi connectivity index (χ3n) is 1.58. The predicted molar refractivity (Wildman–Crippen MR) is 49.2 cm³/mol. The quantitative estimate of drug-likeness (QED) is 0.601. The molecule has 0 aliphatic rings. The number of carbonyl (C=O) groups is 1. The van der Waals surface area contributed by atoms with Gasteiger partial charge in [-0.3, -0.25) is 4.79 Å². The molecule has 76 valence electrons. The van der Waals surface area contributed by atoms with Crippen molar-refractivity contribution >= 4 is 21.9 Å². The van der Waals surface area contributed by atoms with Crippen molar-refractivity contribution in [3.8, 4) is 0 Å². The number of carbonyl (C=O) groups excluding carboxylic acids is 1. The van der Waals surface area contributed by atoms with Crippen LogP contribution in [0.25, 0.3) is 0 Å². The molecule has 0 aliphatic heterocycles. The summed E-state index contributed by atoms with van der Waals surface area (Å²) in [6.07, 6.45) is 1.29. The standard InChI is InChI=1S/C8H8FNO3S/c1-14(12,13)6-2-3-7(9)8(4-6)10-5-11/h2-5H,1H3,(H,10,11). The lowest BCUT2D eigenvalue weighted by molar-refractivity contribution is -0.105. The largest absolute Gasteiger partial charge is 0.326 e. The molecule has 14 heavy (non-hydrogen) atoms. The first-order valence-electron chi connectivity index (χ1n) is 3.65. The van der Waals surface area contributed by atoms with Crippen LogP contribution in [0.4, 0.5) is 10.1 Å². The maximum atomic E-state index is 12.9. The van der Waals surface area contributed by atoms with Crippen LogP contribution in [0.1, 0.15) is 0 Å². The Labute approximate surface area is 80.7 Å². The highest BCUT2D eigenvalue weighted by Crippen LogP contribution is 2.18. The summed E-state index contributed by atoms with van der Waals surface area (Å²) in [7, 11) is -3.38. The molecule has 1 amide bonds. The number of anilines is 1. The highest BCUT2D eigenvalue weighted by Gasteiger charge is 2.10. The van der Waals surface area contributed by atoms with Gasteiger partial charge >= 0.3 is 0 Å². The molecule has 1 aromatic rings. The SMILES string of the molecule is CS(=O)(=O)c1ccc(F)c(NC=O)c1. The molecule has 0 radical (unpaired) electrons. The van der Waals surface area contributed by atoms with Crippen LogP contribution in [0.15, 0.2) is 23.1 Å². The van der Waals surface area contributed by atoms with E-state index in [-0.39, 0.29) is 17.0 Å². The Morgan fingerprint density at radius 1 is 1.43 bits per heavy atom. The van der Waals surface area contributed by atoms with E-state index >= 15 is 0 Å². The molecule has 0 unspecified atom stereocenters. The molecule has 0 aliphatic carbocycles. The highest BCUT2D eigenvalue weighted by atomic mass is 32.2. The van der Waals surface area contributed by atoms with Gasteiger partial charge in [0.25, 0.3) is 0 Å². The monoisotopic (exact) mass is 217 g/mol. The Morgan fingerprint density at radius 2 is 2.07 bits per heavy atom. The fraction of sp³-hybridized carbons (Fsp3) is 0.125. The summed E-state index contributed by atoms with van der Waals surface area (Å²) < 4.78 is 35.1. The van der Waals surface area contributed by atoms with Gasteiger partial charge in [0.2, 0.25) is 6.41 Å². The fourth-order valence-corrected chi connectivity index (χ4v) is 1.56. The molecule has 0 atom stereocenters. The predicted octanol–water partition coefficient (Wildman–Crippen LogP) is 0.798. The van der Waals surface area contributed by atoms with Crippen LogP contribution in [0.2, 0.25) is 0 Å². The van der Waals surface area contributed by atoms with Crippen molar-refractivity contribution in [1.82, 2.24) is 0 Å². The lowest BCUT2D eigenvalue weighted by Crippen LogP contribution is -2.02. The maximum Gasteiger partial charge on any atom is 0.211 e. The van der Waals surface area contributed by atoms with Crippen LogP contribution in [-0.2, 0) is 14.6 Å². The molecular formula is C8H8FNO3S. The minimum Gasteiger partial charge on any atom is -0.326 e. The first-order chi connectivity index (χ1) is 6.45. The average Bonchev–Trinajstić information content (AvgIpc) is 2.07. The number of nitrogens with one attached hydrogen (secondary N) is 1. The van der Waals surface area contributed by atoms with E-state index in [2.05, 4.69) is 5.32 Å². The van der Waals surface area contributed by atoms with Gasteiger partial charge in [-0.1, -0.05) is 0 Å². The van der Waals surface area contributed by atoms with E-state index in [1.54, 1.807) is 0 Å². The summed E-state index contributed by atoms with van der Waals surface area (Å²) in [5.41, 5.74) is -0.150.